The minimum atomic E-state index is -0.830. The van der Waals surface area contributed by atoms with Crippen molar-refractivity contribution in [3.8, 4) is 16.8 Å². The summed E-state index contributed by atoms with van der Waals surface area (Å²) in [5.74, 6) is 0.0188. The van der Waals surface area contributed by atoms with Crippen molar-refractivity contribution in [2.75, 3.05) is 0 Å². The molecule has 10 rings (SSSR count). The molecule has 3 nitrogen and oxygen atoms in total. The van der Waals surface area contributed by atoms with Crippen LogP contribution < -0.4 is 16.4 Å². The molecule has 0 fully saturated rings. The Balaban J connectivity index is 1.34. The molecule has 1 aliphatic carbocycles. The lowest BCUT2D eigenvalue weighted by Gasteiger charge is -2.36. The van der Waals surface area contributed by atoms with Gasteiger partial charge < -0.3 is 9.67 Å². The maximum absolute atomic E-state index is 14.4. The molecule has 1 N–H and O–H groups in total. The van der Waals surface area contributed by atoms with Crippen LogP contribution in [0.3, 0.4) is 0 Å². The summed E-state index contributed by atoms with van der Waals surface area (Å²) in [6.07, 6.45) is -0.830. The number of aliphatic hydroxyl groups is 1. The number of benzene rings is 6. The number of rotatable bonds is 1. The maximum Gasteiger partial charge on any atom is 0.244 e. The maximum atomic E-state index is 14.4. The zero-order valence-electron chi connectivity index (χ0n) is 25.0. The molecule has 0 radical (unpaired) electrons. The first-order chi connectivity index (χ1) is 21.9. The minimum absolute atomic E-state index is 0.0188. The number of hydrogen-bond acceptors (Lipinski definition) is 2. The number of ketones is 1. The fourth-order valence-electron chi connectivity index (χ4n) is 8.88. The SMILES string of the molecule is CC1(C)c2ccccc2-c2ccc3c4ccccc4n(-c4cc5c6c(c4)C(O)c4ccccc4B6c4ccccc4C5=O)c3c21. The van der Waals surface area contributed by atoms with Gasteiger partial charge in [0.15, 0.2) is 5.78 Å². The van der Waals surface area contributed by atoms with E-state index in [0.717, 1.165) is 49.8 Å². The van der Waals surface area contributed by atoms with Crippen LogP contribution in [-0.2, 0) is 5.41 Å². The van der Waals surface area contributed by atoms with E-state index in [9.17, 15) is 9.90 Å². The number of carbonyl (C=O) groups is 1. The average Bonchev–Trinajstić information content (AvgIpc) is 3.53. The number of aliphatic hydroxyl groups excluding tert-OH is 1. The topological polar surface area (TPSA) is 42.2 Å². The fraction of sp³-hybridized carbons (Fsp3) is 0.0976. The Hall–Kier alpha value is -5.19. The second-order valence-electron chi connectivity index (χ2n) is 13.3. The average molecular weight is 577 g/mol. The van der Waals surface area contributed by atoms with Gasteiger partial charge in [0.2, 0.25) is 6.71 Å². The predicted octanol–water partition coefficient (Wildman–Crippen LogP) is 6.55. The van der Waals surface area contributed by atoms with Gasteiger partial charge in [-0.3, -0.25) is 4.79 Å². The molecule has 3 aliphatic rings. The summed E-state index contributed by atoms with van der Waals surface area (Å²) in [5.41, 5.74) is 14.2. The van der Waals surface area contributed by atoms with Crippen LogP contribution in [0.2, 0.25) is 0 Å². The highest BCUT2D eigenvalue weighted by Gasteiger charge is 2.43. The standard InChI is InChI=1S/C41H28BNO2/c1-41(2)32-15-7-3-11-24(32)26-19-20-27-25-12-6-10-18-35(25)43(38(27)36(26)41)23-21-30-37-31(22-23)40(45)29-14-5-9-17-34(29)42(37)33-16-8-4-13-28(33)39(30)44/h3-22,39,44H,1-2H3. The van der Waals surface area contributed by atoms with Crippen molar-refractivity contribution in [2.24, 2.45) is 0 Å². The van der Waals surface area contributed by atoms with Crippen molar-refractivity contribution < 1.29 is 9.90 Å². The number of para-hydroxylation sites is 1. The number of nitrogens with zero attached hydrogens (tertiary/aromatic N) is 1. The van der Waals surface area contributed by atoms with Crippen molar-refractivity contribution in [1.29, 1.82) is 0 Å². The van der Waals surface area contributed by atoms with Gasteiger partial charge in [0.25, 0.3) is 0 Å². The van der Waals surface area contributed by atoms with Crippen LogP contribution in [0.1, 0.15) is 58.1 Å². The molecule has 1 aromatic heterocycles. The molecule has 0 saturated heterocycles. The third-order valence-corrected chi connectivity index (χ3v) is 10.8. The van der Waals surface area contributed by atoms with Gasteiger partial charge in [0, 0.05) is 33.0 Å². The van der Waals surface area contributed by atoms with Gasteiger partial charge in [-0.05, 0) is 51.6 Å². The van der Waals surface area contributed by atoms with Crippen LogP contribution in [-0.4, -0.2) is 22.2 Å². The lowest BCUT2D eigenvalue weighted by Crippen LogP contribution is -2.62. The van der Waals surface area contributed by atoms with E-state index in [-0.39, 0.29) is 17.9 Å². The molecule has 6 aromatic carbocycles. The zero-order valence-corrected chi connectivity index (χ0v) is 25.0. The van der Waals surface area contributed by atoms with Gasteiger partial charge >= 0.3 is 0 Å². The third kappa shape index (κ3) is 3.03. The molecular formula is C41H28BNO2. The largest absolute Gasteiger partial charge is 0.384 e. The molecule has 0 spiro atoms. The van der Waals surface area contributed by atoms with Gasteiger partial charge in [0.1, 0.15) is 6.10 Å². The van der Waals surface area contributed by atoms with E-state index in [1.54, 1.807) is 0 Å². The summed E-state index contributed by atoms with van der Waals surface area (Å²) in [6, 6.07) is 42.2. The number of aromatic nitrogens is 1. The Morgan fingerprint density at radius 1 is 0.667 bits per heavy atom. The summed E-state index contributed by atoms with van der Waals surface area (Å²) >= 11 is 0. The monoisotopic (exact) mass is 577 g/mol. The molecule has 0 amide bonds. The molecule has 212 valence electrons. The van der Waals surface area contributed by atoms with Gasteiger partial charge in [-0.2, -0.15) is 0 Å². The normalized spacial score (nSPS) is 16.7. The molecule has 1 unspecified atom stereocenters. The first kappa shape index (κ1) is 25.2. The van der Waals surface area contributed by atoms with Crippen LogP contribution in [0.4, 0.5) is 0 Å². The second kappa shape index (κ2) is 8.50. The van der Waals surface area contributed by atoms with E-state index in [2.05, 4.69) is 103 Å². The summed E-state index contributed by atoms with van der Waals surface area (Å²) in [7, 11) is 0. The Labute approximate surface area is 261 Å². The summed E-state index contributed by atoms with van der Waals surface area (Å²) in [5, 5.41) is 14.4. The van der Waals surface area contributed by atoms with Crippen molar-refractivity contribution in [1.82, 2.24) is 4.57 Å². The van der Waals surface area contributed by atoms with Crippen molar-refractivity contribution in [3.05, 3.63) is 155 Å². The lowest BCUT2D eigenvalue weighted by atomic mass is 9.30. The minimum Gasteiger partial charge on any atom is -0.384 e. The van der Waals surface area contributed by atoms with E-state index in [4.69, 9.17) is 0 Å². The molecule has 7 aromatic rings. The smallest absolute Gasteiger partial charge is 0.244 e. The highest BCUT2D eigenvalue weighted by atomic mass is 16.3. The molecule has 0 saturated carbocycles. The molecular weight excluding hydrogens is 549 g/mol. The van der Waals surface area contributed by atoms with E-state index in [0.29, 0.717) is 5.56 Å². The summed E-state index contributed by atoms with van der Waals surface area (Å²) < 4.78 is 2.35. The fourth-order valence-corrected chi connectivity index (χ4v) is 8.88. The first-order valence-corrected chi connectivity index (χ1v) is 15.7. The van der Waals surface area contributed by atoms with E-state index in [1.165, 1.54) is 33.0 Å². The van der Waals surface area contributed by atoms with Gasteiger partial charge in [-0.1, -0.05) is 133 Å². The van der Waals surface area contributed by atoms with Gasteiger partial charge in [-0.15, -0.1) is 0 Å². The van der Waals surface area contributed by atoms with Crippen molar-refractivity contribution in [3.63, 3.8) is 0 Å². The summed E-state index contributed by atoms with van der Waals surface area (Å²) in [4.78, 5) is 14.4. The van der Waals surface area contributed by atoms with Crippen molar-refractivity contribution in [2.45, 2.75) is 25.4 Å². The van der Waals surface area contributed by atoms with E-state index < -0.39 is 6.10 Å². The molecule has 0 bridgehead atoms. The quantitative estimate of drug-likeness (QED) is 0.225. The summed E-state index contributed by atoms with van der Waals surface area (Å²) in [6.45, 7) is 4.54. The number of carbonyl (C=O) groups excluding carboxylic acids is 1. The Bertz CT molecular complexity index is 2470. The number of fused-ring (bicyclic) bond motifs is 11. The molecule has 45 heavy (non-hydrogen) atoms. The Kier molecular flexibility index (Phi) is 4.75. The molecule has 2 aliphatic heterocycles. The van der Waals surface area contributed by atoms with Gasteiger partial charge in [0.05, 0.1) is 11.0 Å². The van der Waals surface area contributed by atoms with Crippen LogP contribution in [0, 0.1) is 0 Å². The molecule has 4 heteroatoms. The zero-order chi connectivity index (χ0) is 30.2. The van der Waals surface area contributed by atoms with Crippen molar-refractivity contribution >= 4 is 50.7 Å². The van der Waals surface area contributed by atoms with Gasteiger partial charge in [-0.25, -0.2) is 0 Å². The second-order valence-corrected chi connectivity index (χ2v) is 13.3. The third-order valence-electron chi connectivity index (χ3n) is 10.8. The van der Waals surface area contributed by atoms with Crippen LogP contribution >= 0.6 is 0 Å². The Morgan fingerprint density at radius 2 is 1.38 bits per heavy atom. The van der Waals surface area contributed by atoms with Crippen LogP contribution in [0.5, 0.6) is 0 Å². The molecule has 1 atom stereocenters. The highest BCUT2D eigenvalue weighted by Crippen LogP contribution is 2.53. The number of hydrogen-bond donors (Lipinski definition) is 1. The molecule has 3 heterocycles. The highest BCUT2D eigenvalue weighted by molar-refractivity contribution is 6.98. The van der Waals surface area contributed by atoms with Crippen LogP contribution in [0.15, 0.2) is 121 Å². The predicted molar refractivity (Wildman–Crippen MR) is 183 cm³/mol. The van der Waals surface area contributed by atoms with E-state index >= 15 is 0 Å². The first-order valence-electron chi connectivity index (χ1n) is 15.7. The van der Waals surface area contributed by atoms with Crippen LogP contribution in [0.25, 0.3) is 38.6 Å². The Morgan fingerprint density at radius 3 is 2.24 bits per heavy atom. The van der Waals surface area contributed by atoms with E-state index in [1.807, 2.05) is 36.4 Å². The lowest BCUT2D eigenvalue weighted by molar-refractivity contribution is 0.104.